The van der Waals surface area contributed by atoms with Crippen LogP contribution < -0.4 is 5.56 Å². The van der Waals surface area contributed by atoms with Crippen LogP contribution in [0.4, 0.5) is 0 Å². The van der Waals surface area contributed by atoms with E-state index in [1.807, 2.05) is 24.3 Å². The van der Waals surface area contributed by atoms with Gasteiger partial charge in [0, 0.05) is 6.20 Å². The topological polar surface area (TPSA) is 47.8 Å². The molecule has 2 heterocycles. The van der Waals surface area contributed by atoms with Crippen molar-refractivity contribution in [3.05, 3.63) is 94.5 Å². The van der Waals surface area contributed by atoms with E-state index in [1.54, 1.807) is 10.8 Å². The SMILES string of the molecule is CC(C)c1cccc(-c2cccc(Cn3c(=O)cnc4cccnc43)c2)c1. The van der Waals surface area contributed by atoms with Gasteiger partial charge >= 0.3 is 0 Å². The summed E-state index contributed by atoms with van der Waals surface area (Å²) in [6, 6.07) is 20.6. The van der Waals surface area contributed by atoms with Gasteiger partial charge in [-0.1, -0.05) is 56.3 Å². The van der Waals surface area contributed by atoms with Crippen LogP contribution in [0.5, 0.6) is 0 Å². The fraction of sp³-hybridized carbons (Fsp3) is 0.174. The zero-order valence-electron chi connectivity index (χ0n) is 15.5. The lowest BCUT2D eigenvalue weighted by Crippen LogP contribution is -2.21. The molecule has 0 atom stereocenters. The summed E-state index contributed by atoms with van der Waals surface area (Å²) in [7, 11) is 0. The van der Waals surface area contributed by atoms with Crippen molar-refractivity contribution >= 4 is 11.2 Å². The molecule has 0 unspecified atom stereocenters. The highest BCUT2D eigenvalue weighted by Crippen LogP contribution is 2.25. The maximum atomic E-state index is 12.4. The summed E-state index contributed by atoms with van der Waals surface area (Å²) in [5.41, 5.74) is 5.90. The average molecular weight is 355 g/mol. The summed E-state index contributed by atoms with van der Waals surface area (Å²) in [6.07, 6.45) is 3.05. The molecule has 4 aromatic rings. The third-order valence-electron chi connectivity index (χ3n) is 4.76. The van der Waals surface area contributed by atoms with Gasteiger partial charge in [0.2, 0.25) is 0 Å². The smallest absolute Gasteiger partial charge is 0.270 e. The molecule has 4 rings (SSSR count). The molecule has 2 aromatic carbocycles. The van der Waals surface area contributed by atoms with Crippen molar-refractivity contribution in [3.8, 4) is 11.1 Å². The molecule has 4 nitrogen and oxygen atoms in total. The van der Waals surface area contributed by atoms with Crippen LogP contribution in [0.1, 0.15) is 30.9 Å². The van der Waals surface area contributed by atoms with Crippen molar-refractivity contribution in [3.63, 3.8) is 0 Å². The highest BCUT2D eigenvalue weighted by atomic mass is 16.1. The van der Waals surface area contributed by atoms with Gasteiger partial charge in [0.05, 0.1) is 12.7 Å². The van der Waals surface area contributed by atoms with Gasteiger partial charge < -0.3 is 0 Å². The second-order valence-corrected chi connectivity index (χ2v) is 7.01. The van der Waals surface area contributed by atoms with Crippen LogP contribution in [0.15, 0.2) is 77.9 Å². The average Bonchev–Trinajstić information content (AvgIpc) is 2.70. The van der Waals surface area contributed by atoms with Crippen molar-refractivity contribution in [1.82, 2.24) is 14.5 Å². The second-order valence-electron chi connectivity index (χ2n) is 7.01. The molecule has 0 aliphatic carbocycles. The standard InChI is InChI=1S/C23H21N3O/c1-16(2)18-7-4-9-20(13-18)19-8-3-6-17(12-19)15-26-22(27)14-25-21-10-5-11-24-23(21)26/h3-14,16H,15H2,1-2H3. The number of pyridine rings is 1. The molecular formula is C23H21N3O. The van der Waals surface area contributed by atoms with E-state index in [-0.39, 0.29) is 5.56 Å². The Morgan fingerprint density at radius 2 is 1.70 bits per heavy atom. The number of aromatic nitrogens is 3. The lowest BCUT2D eigenvalue weighted by molar-refractivity contribution is 0.775. The van der Waals surface area contributed by atoms with Gasteiger partial charge in [0.15, 0.2) is 5.65 Å². The van der Waals surface area contributed by atoms with Crippen LogP contribution in [0.25, 0.3) is 22.3 Å². The molecule has 27 heavy (non-hydrogen) atoms. The van der Waals surface area contributed by atoms with Gasteiger partial charge in [-0.2, -0.15) is 0 Å². The van der Waals surface area contributed by atoms with E-state index in [2.05, 4.69) is 60.2 Å². The first-order chi connectivity index (χ1) is 13.1. The first kappa shape index (κ1) is 17.2. The van der Waals surface area contributed by atoms with Gasteiger partial charge in [-0.25, -0.2) is 9.97 Å². The van der Waals surface area contributed by atoms with Crippen molar-refractivity contribution in [1.29, 1.82) is 0 Å². The minimum atomic E-state index is -0.145. The maximum absolute atomic E-state index is 12.4. The van der Waals surface area contributed by atoms with Crippen LogP contribution in [0.3, 0.4) is 0 Å². The zero-order valence-corrected chi connectivity index (χ0v) is 15.5. The maximum Gasteiger partial charge on any atom is 0.270 e. The molecule has 0 fully saturated rings. The van der Waals surface area contributed by atoms with Gasteiger partial charge in [-0.05, 0) is 46.4 Å². The monoisotopic (exact) mass is 355 g/mol. The summed E-state index contributed by atoms with van der Waals surface area (Å²) in [6.45, 7) is 4.86. The van der Waals surface area contributed by atoms with E-state index >= 15 is 0 Å². The molecule has 0 saturated heterocycles. The Morgan fingerprint density at radius 3 is 2.52 bits per heavy atom. The Kier molecular flexibility index (Phi) is 4.55. The molecule has 0 saturated carbocycles. The summed E-state index contributed by atoms with van der Waals surface area (Å²) in [5, 5.41) is 0. The first-order valence-electron chi connectivity index (χ1n) is 9.11. The van der Waals surface area contributed by atoms with E-state index in [0.717, 1.165) is 16.6 Å². The molecule has 4 heteroatoms. The van der Waals surface area contributed by atoms with Crippen molar-refractivity contribution < 1.29 is 0 Å². The number of hydrogen-bond acceptors (Lipinski definition) is 3. The molecule has 0 spiro atoms. The van der Waals surface area contributed by atoms with Gasteiger partial charge in [0.1, 0.15) is 5.52 Å². The molecule has 0 radical (unpaired) electrons. The second kappa shape index (κ2) is 7.16. The minimum Gasteiger partial charge on any atom is -0.286 e. The molecule has 0 amide bonds. The quantitative estimate of drug-likeness (QED) is 0.536. The van der Waals surface area contributed by atoms with Crippen molar-refractivity contribution in [2.24, 2.45) is 0 Å². The van der Waals surface area contributed by atoms with E-state index in [0.29, 0.717) is 18.1 Å². The minimum absolute atomic E-state index is 0.145. The van der Waals surface area contributed by atoms with Crippen LogP contribution in [-0.2, 0) is 6.54 Å². The zero-order chi connectivity index (χ0) is 18.8. The van der Waals surface area contributed by atoms with E-state index in [9.17, 15) is 4.79 Å². The third kappa shape index (κ3) is 3.51. The normalized spacial score (nSPS) is 11.2. The lowest BCUT2D eigenvalue weighted by Gasteiger charge is -2.11. The number of benzene rings is 2. The van der Waals surface area contributed by atoms with Gasteiger partial charge in [-0.15, -0.1) is 0 Å². The molecule has 0 N–H and O–H groups in total. The highest BCUT2D eigenvalue weighted by molar-refractivity contribution is 5.69. The fourth-order valence-electron chi connectivity index (χ4n) is 3.26. The summed E-state index contributed by atoms with van der Waals surface area (Å²) < 4.78 is 1.67. The van der Waals surface area contributed by atoms with Crippen LogP contribution in [0.2, 0.25) is 0 Å². The number of hydrogen-bond donors (Lipinski definition) is 0. The predicted octanol–water partition coefficient (Wildman–Crippen LogP) is 4.63. The fourth-order valence-corrected chi connectivity index (χ4v) is 3.26. The van der Waals surface area contributed by atoms with E-state index in [1.165, 1.54) is 17.3 Å². The molecular weight excluding hydrogens is 334 g/mol. The number of nitrogens with zero attached hydrogens (tertiary/aromatic N) is 3. The lowest BCUT2D eigenvalue weighted by atomic mass is 9.96. The summed E-state index contributed by atoms with van der Waals surface area (Å²) >= 11 is 0. The third-order valence-corrected chi connectivity index (χ3v) is 4.76. The molecule has 2 aromatic heterocycles. The number of rotatable bonds is 4. The molecule has 0 aliphatic rings. The van der Waals surface area contributed by atoms with Crippen LogP contribution in [-0.4, -0.2) is 14.5 Å². The summed E-state index contributed by atoms with van der Waals surface area (Å²) in [4.78, 5) is 20.9. The summed E-state index contributed by atoms with van der Waals surface area (Å²) in [5.74, 6) is 0.487. The Labute approximate surface area is 158 Å². The Morgan fingerprint density at radius 1 is 0.926 bits per heavy atom. The predicted molar refractivity (Wildman–Crippen MR) is 109 cm³/mol. The molecule has 0 aliphatic heterocycles. The first-order valence-corrected chi connectivity index (χ1v) is 9.11. The molecule has 0 bridgehead atoms. The highest BCUT2D eigenvalue weighted by Gasteiger charge is 2.08. The largest absolute Gasteiger partial charge is 0.286 e. The van der Waals surface area contributed by atoms with Crippen LogP contribution >= 0.6 is 0 Å². The number of fused-ring (bicyclic) bond motifs is 1. The Hall–Kier alpha value is -3.27. The Balaban J connectivity index is 1.73. The Bertz CT molecular complexity index is 1160. The van der Waals surface area contributed by atoms with Crippen molar-refractivity contribution in [2.45, 2.75) is 26.3 Å². The van der Waals surface area contributed by atoms with Gasteiger partial charge in [-0.3, -0.25) is 9.36 Å². The van der Waals surface area contributed by atoms with Crippen LogP contribution in [0, 0.1) is 0 Å². The van der Waals surface area contributed by atoms with E-state index in [4.69, 9.17) is 0 Å². The van der Waals surface area contributed by atoms with E-state index < -0.39 is 0 Å². The van der Waals surface area contributed by atoms with Gasteiger partial charge in [0.25, 0.3) is 5.56 Å². The van der Waals surface area contributed by atoms with Crippen molar-refractivity contribution in [2.75, 3.05) is 0 Å². The molecule has 134 valence electrons.